The number of hydrogen-bond donors (Lipinski definition) is 1. The summed E-state index contributed by atoms with van der Waals surface area (Å²) in [6.45, 7) is 0. The van der Waals surface area contributed by atoms with Crippen molar-refractivity contribution in [1.82, 2.24) is 14.9 Å². The van der Waals surface area contributed by atoms with E-state index < -0.39 is 0 Å². The van der Waals surface area contributed by atoms with Crippen molar-refractivity contribution in [3.63, 3.8) is 0 Å². The van der Waals surface area contributed by atoms with Crippen LogP contribution in [0.15, 0.2) is 47.6 Å². The predicted molar refractivity (Wildman–Crippen MR) is 100 cm³/mol. The highest BCUT2D eigenvalue weighted by Crippen LogP contribution is 2.31. The lowest BCUT2D eigenvalue weighted by Crippen LogP contribution is -1.96. The van der Waals surface area contributed by atoms with Crippen LogP contribution in [-0.2, 0) is 0 Å². The molecule has 128 valence electrons. The van der Waals surface area contributed by atoms with Gasteiger partial charge in [-0.15, -0.1) is 0 Å². The molecule has 25 heavy (non-hydrogen) atoms. The van der Waals surface area contributed by atoms with E-state index in [1.54, 1.807) is 43.3 Å². The molecule has 0 spiro atoms. The summed E-state index contributed by atoms with van der Waals surface area (Å²) >= 11 is 11.2. The van der Waals surface area contributed by atoms with E-state index in [4.69, 9.17) is 33.3 Å². The van der Waals surface area contributed by atoms with Gasteiger partial charge in [0.1, 0.15) is 0 Å². The van der Waals surface area contributed by atoms with Crippen molar-refractivity contribution in [3.8, 4) is 22.9 Å². The molecule has 2 aromatic carbocycles. The Morgan fingerprint density at radius 2 is 1.84 bits per heavy atom. The minimum Gasteiger partial charge on any atom is -0.493 e. The van der Waals surface area contributed by atoms with Crippen molar-refractivity contribution in [2.45, 2.75) is 0 Å². The van der Waals surface area contributed by atoms with Gasteiger partial charge in [0.2, 0.25) is 4.77 Å². The van der Waals surface area contributed by atoms with E-state index in [1.165, 1.54) is 0 Å². The Kier molecular flexibility index (Phi) is 5.16. The van der Waals surface area contributed by atoms with Crippen molar-refractivity contribution in [2.75, 3.05) is 14.2 Å². The van der Waals surface area contributed by atoms with Crippen LogP contribution in [0, 0.1) is 4.77 Å². The number of nitrogens with zero attached hydrogens (tertiary/aromatic N) is 3. The molecule has 1 N–H and O–H groups in total. The Balaban J connectivity index is 1.99. The SMILES string of the molecule is COc1ccc(-c2n[nH]c(=S)n2/N=C/c2ccc(Cl)cc2)cc1OC. The third kappa shape index (κ3) is 3.72. The molecule has 0 bridgehead atoms. The van der Waals surface area contributed by atoms with Crippen molar-refractivity contribution < 1.29 is 9.47 Å². The molecule has 1 heterocycles. The fourth-order valence-corrected chi connectivity index (χ4v) is 2.54. The van der Waals surface area contributed by atoms with E-state index in [2.05, 4.69) is 15.3 Å². The smallest absolute Gasteiger partial charge is 0.216 e. The molecule has 6 nitrogen and oxygen atoms in total. The van der Waals surface area contributed by atoms with Crippen LogP contribution < -0.4 is 9.47 Å². The van der Waals surface area contributed by atoms with Crippen LogP contribution >= 0.6 is 23.8 Å². The summed E-state index contributed by atoms with van der Waals surface area (Å²) in [5, 5.41) is 12.1. The van der Waals surface area contributed by atoms with E-state index in [-0.39, 0.29) is 0 Å². The molecule has 0 radical (unpaired) electrons. The molecule has 0 atom stereocenters. The van der Waals surface area contributed by atoms with Gasteiger partial charge in [0.25, 0.3) is 0 Å². The van der Waals surface area contributed by atoms with Crippen molar-refractivity contribution in [3.05, 3.63) is 57.8 Å². The lowest BCUT2D eigenvalue weighted by Gasteiger charge is -2.09. The van der Waals surface area contributed by atoms with E-state index >= 15 is 0 Å². The first kappa shape index (κ1) is 17.2. The van der Waals surface area contributed by atoms with Gasteiger partial charge >= 0.3 is 0 Å². The first-order valence-corrected chi connectivity index (χ1v) is 8.10. The highest BCUT2D eigenvalue weighted by atomic mass is 35.5. The Hall–Kier alpha value is -2.64. The van der Waals surface area contributed by atoms with Crippen molar-refractivity contribution in [1.29, 1.82) is 0 Å². The third-order valence-electron chi connectivity index (χ3n) is 3.48. The predicted octanol–water partition coefficient (Wildman–Crippen LogP) is 4.16. The maximum atomic E-state index is 5.89. The molecule has 0 saturated carbocycles. The minimum atomic E-state index is 0.384. The fourth-order valence-electron chi connectivity index (χ4n) is 2.23. The average molecular weight is 375 g/mol. The summed E-state index contributed by atoms with van der Waals surface area (Å²) in [4.78, 5) is 0. The zero-order chi connectivity index (χ0) is 17.8. The number of rotatable bonds is 5. The lowest BCUT2D eigenvalue weighted by atomic mass is 10.2. The number of aromatic amines is 1. The molecule has 0 fully saturated rings. The Bertz CT molecular complexity index is 964. The van der Waals surface area contributed by atoms with E-state index in [9.17, 15) is 0 Å². The molecule has 0 aliphatic rings. The summed E-state index contributed by atoms with van der Waals surface area (Å²) < 4.78 is 12.5. The van der Waals surface area contributed by atoms with Gasteiger partial charge in [0.15, 0.2) is 17.3 Å². The molecule has 0 saturated heterocycles. The Labute approximate surface area is 154 Å². The van der Waals surface area contributed by atoms with Crippen LogP contribution in [0.4, 0.5) is 0 Å². The normalized spacial score (nSPS) is 11.0. The zero-order valence-corrected chi connectivity index (χ0v) is 15.1. The number of benzene rings is 2. The number of aromatic nitrogens is 3. The molecule has 0 aliphatic carbocycles. The quantitative estimate of drug-likeness (QED) is 0.538. The van der Waals surface area contributed by atoms with Crippen LogP contribution in [0.1, 0.15) is 5.56 Å². The monoisotopic (exact) mass is 374 g/mol. The first-order chi connectivity index (χ1) is 12.1. The third-order valence-corrected chi connectivity index (χ3v) is 4.00. The summed E-state index contributed by atoms with van der Waals surface area (Å²) in [5.41, 5.74) is 1.68. The summed E-state index contributed by atoms with van der Waals surface area (Å²) in [6, 6.07) is 12.8. The molecule has 0 amide bonds. The van der Waals surface area contributed by atoms with E-state index in [1.807, 2.05) is 24.3 Å². The van der Waals surface area contributed by atoms with Crippen LogP contribution in [0.25, 0.3) is 11.4 Å². The molecule has 1 aromatic heterocycles. The summed E-state index contributed by atoms with van der Waals surface area (Å²) in [5.74, 6) is 1.80. The number of H-pyrrole nitrogens is 1. The molecule has 3 aromatic rings. The second kappa shape index (κ2) is 7.50. The molecular weight excluding hydrogens is 360 g/mol. The number of halogens is 1. The Morgan fingerprint density at radius 3 is 2.52 bits per heavy atom. The number of methoxy groups -OCH3 is 2. The van der Waals surface area contributed by atoms with E-state index in [0.29, 0.717) is 27.1 Å². The van der Waals surface area contributed by atoms with Crippen LogP contribution in [0.2, 0.25) is 5.02 Å². The number of hydrogen-bond acceptors (Lipinski definition) is 5. The first-order valence-electron chi connectivity index (χ1n) is 7.32. The van der Waals surface area contributed by atoms with Crippen molar-refractivity contribution >= 4 is 30.0 Å². The molecule has 0 unspecified atom stereocenters. The highest BCUT2D eigenvalue weighted by molar-refractivity contribution is 7.71. The second-order valence-electron chi connectivity index (χ2n) is 5.03. The van der Waals surface area contributed by atoms with Crippen molar-refractivity contribution in [2.24, 2.45) is 5.10 Å². The summed E-state index contributed by atoms with van der Waals surface area (Å²) in [6.07, 6.45) is 1.69. The number of nitrogens with one attached hydrogen (secondary N) is 1. The van der Waals surface area contributed by atoms with Gasteiger partial charge < -0.3 is 9.47 Å². The summed E-state index contributed by atoms with van der Waals surface area (Å²) in [7, 11) is 3.17. The molecule has 8 heteroatoms. The van der Waals surface area contributed by atoms with Gasteiger partial charge in [-0.1, -0.05) is 23.7 Å². The van der Waals surface area contributed by atoms with Gasteiger partial charge in [0.05, 0.1) is 20.4 Å². The topological polar surface area (TPSA) is 64.4 Å². The molecule has 3 rings (SSSR count). The largest absolute Gasteiger partial charge is 0.493 e. The maximum Gasteiger partial charge on any atom is 0.216 e. The number of ether oxygens (including phenoxy) is 2. The van der Waals surface area contributed by atoms with Crippen LogP contribution in [0.3, 0.4) is 0 Å². The second-order valence-corrected chi connectivity index (χ2v) is 5.85. The van der Waals surface area contributed by atoms with Gasteiger partial charge in [0, 0.05) is 10.6 Å². The molecular formula is C17H15ClN4O2S. The average Bonchev–Trinajstić information content (AvgIpc) is 3.01. The van der Waals surface area contributed by atoms with Crippen LogP contribution in [0.5, 0.6) is 11.5 Å². The van der Waals surface area contributed by atoms with Gasteiger partial charge in [-0.05, 0) is 48.1 Å². The maximum absolute atomic E-state index is 5.89. The van der Waals surface area contributed by atoms with Crippen LogP contribution in [-0.4, -0.2) is 35.3 Å². The van der Waals surface area contributed by atoms with E-state index in [0.717, 1.165) is 11.1 Å². The lowest BCUT2D eigenvalue weighted by molar-refractivity contribution is 0.355. The highest BCUT2D eigenvalue weighted by Gasteiger charge is 2.12. The van der Waals surface area contributed by atoms with Gasteiger partial charge in [-0.2, -0.15) is 14.9 Å². The van der Waals surface area contributed by atoms with Gasteiger partial charge in [-0.3, -0.25) is 0 Å². The fraction of sp³-hybridized carbons (Fsp3) is 0.118. The van der Waals surface area contributed by atoms with Gasteiger partial charge in [-0.25, -0.2) is 5.10 Å². The minimum absolute atomic E-state index is 0.384. The molecule has 0 aliphatic heterocycles. The standard InChI is InChI=1S/C17H15ClN4O2S/c1-23-14-8-5-12(9-15(14)24-2)16-20-21-17(25)22(16)19-10-11-3-6-13(18)7-4-11/h3-10H,1-2H3,(H,21,25)/b19-10+. The zero-order valence-electron chi connectivity index (χ0n) is 13.6. The Morgan fingerprint density at radius 1 is 1.12 bits per heavy atom.